The van der Waals surface area contributed by atoms with E-state index >= 15 is 0 Å². The van der Waals surface area contributed by atoms with Crippen LogP contribution in [0.1, 0.15) is 6.92 Å². The van der Waals surface area contributed by atoms with Crippen LogP contribution in [0.2, 0.25) is 0 Å². The Balaban J connectivity index is 2.59. The number of nitrogens with two attached hydrogens (primary N) is 1. The lowest BCUT2D eigenvalue weighted by atomic mass is 10.1. The molecule has 0 atom stereocenters. The van der Waals surface area contributed by atoms with E-state index in [0.29, 0.717) is 28.8 Å². The van der Waals surface area contributed by atoms with E-state index in [0.717, 1.165) is 12.1 Å². The number of methoxy groups -OCH3 is 3. The minimum absolute atomic E-state index is 0.548. The SMILES string of the molecule is CCn1cnc(-c2cc(OC)c(OC)c(OC)c2)c1N. The van der Waals surface area contributed by atoms with Crippen LogP contribution in [0.25, 0.3) is 11.3 Å². The maximum absolute atomic E-state index is 6.09. The predicted octanol–water partition coefficient (Wildman–Crippen LogP) is 2.18. The van der Waals surface area contributed by atoms with E-state index in [1.807, 2.05) is 23.6 Å². The lowest BCUT2D eigenvalue weighted by Crippen LogP contribution is -2.00. The van der Waals surface area contributed by atoms with E-state index in [1.165, 1.54) is 0 Å². The van der Waals surface area contributed by atoms with Gasteiger partial charge >= 0.3 is 0 Å². The third-order valence-corrected chi connectivity index (χ3v) is 3.16. The van der Waals surface area contributed by atoms with Crippen molar-refractivity contribution in [1.29, 1.82) is 0 Å². The molecule has 6 nitrogen and oxygen atoms in total. The quantitative estimate of drug-likeness (QED) is 0.907. The highest BCUT2D eigenvalue weighted by Crippen LogP contribution is 2.41. The molecule has 0 amide bonds. The number of benzene rings is 1. The summed E-state index contributed by atoms with van der Waals surface area (Å²) in [4.78, 5) is 4.35. The Bertz CT molecular complexity index is 583. The van der Waals surface area contributed by atoms with Crippen LogP contribution < -0.4 is 19.9 Å². The summed E-state index contributed by atoms with van der Waals surface area (Å²) in [5, 5.41) is 0. The summed E-state index contributed by atoms with van der Waals surface area (Å²) in [5.74, 6) is 2.31. The Labute approximate surface area is 118 Å². The van der Waals surface area contributed by atoms with Crippen LogP contribution in [-0.2, 0) is 6.54 Å². The molecule has 0 radical (unpaired) electrons. The van der Waals surface area contributed by atoms with Crippen LogP contribution >= 0.6 is 0 Å². The van der Waals surface area contributed by atoms with Gasteiger partial charge in [-0.25, -0.2) is 4.98 Å². The maximum atomic E-state index is 6.09. The highest BCUT2D eigenvalue weighted by atomic mass is 16.5. The fourth-order valence-corrected chi connectivity index (χ4v) is 2.08. The number of aryl methyl sites for hydroxylation is 1. The predicted molar refractivity (Wildman–Crippen MR) is 77.4 cm³/mol. The Kier molecular flexibility index (Phi) is 4.02. The molecule has 2 rings (SSSR count). The van der Waals surface area contributed by atoms with E-state index in [1.54, 1.807) is 27.7 Å². The highest BCUT2D eigenvalue weighted by Gasteiger charge is 2.17. The molecule has 1 heterocycles. The van der Waals surface area contributed by atoms with E-state index in [2.05, 4.69) is 4.98 Å². The molecule has 0 aliphatic rings. The minimum Gasteiger partial charge on any atom is -0.493 e. The molecule has 2 aromatic rings. The zero-order valence-electron chi connectivity index (χ0n) is 12.1. The summed E-state index contributed by atoms with van der Waals surface area (Å²) in [6.45, 7) is 2.78. The zero-order chi connectivity index (χ0) is 14.7. The molecule has 20 heavy (non-hydrogen) atoms. The molecule has 0 saturated carbocycles. The molecule has 6 heteroatoms. The molecule has 1 aromatic carbocycles. The molecule has 2 N–H and O–H groups in total. The number of imidazole rings is 1. The number of hydrogen-bond donors (Lipinski definition) is 1. The molecule has 0 unspecified atom stereocenters. The molecule has 0 saturated heterocycles. The first-order valence-electron chi connectivity index (χ1n) is 6.27. The molecule has 0 spiro atoms. The summed E-state index contributed by atoms with van der Waals surface area (Å²) in [6, 6.07) is 3.67. The Morgan fingerprint density at radius 3 is 2.10 bits per heavy atom. The normalized spacial score (nSPS) is 10.4. The number of nitrogen functional groups attached to an aromatic ring is 1. The van der Waals surface area contributed by atoms with Gasteiger partial charge in [0.25, 0.3) is 0 Å². The van der Waals surface area contributed by atoms with Crippen LogP contribution in [0, 0.1) is 0 Å². The number of aromatic nitrogens is 2. The summed E-state index contributed by atoms with van der Waals surface area (Å²) >= 11 is 0. The number of hydrogen-bond acceptors (Lipinski definition) is 5. The van der Waals surface area contributed by atoms with E-state index in [4.69, 9.17) is 19.9 Å². The van der Waals surface area contributed by atoms with Crippen molar-refractivity contribution in [2.75, 3.05) is 27.1 Å². The average Bonchev–Trinajstić information content (AvgIpc) is 2.86. The first kappa shape index (κ1) is 14.0. The van der Waals surface area contributed by atoms with Gasteiger partial charge in [0.2, 0.25) is 5.75 Å². The summed E-state index contributed by atoms with van der Waals surface area (Å²) < 4.78 is 17.8. The van der Waals surface area contributed by atoms with Crippen molar-refractivity contribution in [2.24, 2.45) is 0 Å². The fraction of sp³-hybridized carbons (Fsp3) is 0.357. The van der Waals surface area contributed by atoms with Gasteiger partial charge in [-0.05, 0) is 19.1 Å². The Morgan fingerprint density at radius 2 is 1.70 bits per heavy atom. The monoisotopic (exact) mass is 277 g/mol. The number of ether oxygens (including phenoxy) is 3. The maximum Gasteiger partial charge on any atom is 0.203 e. The Morgan fingerprint density at radius 1 is 1.10 bits per heavy atom. The smallest absolute Gasteiger partial charge is 0.203 e. The van der Waals surface area contributed by atoms with Crippen LogP contribution in [0.5, 0.6) is 17.2 Å². The van der Waals surface area contributed by atoms with E-state index in [-0.39, 0.29) is 0 Å². The van der Waals surface area contributed by atoms with Gasteiger partial charge in [0.1, 0.15) is 11.5 Å². The van der Waals surface area contributed by atoms with E-state index < -0.39 is 0 Å². The first-order valence-corrected chi connectivity index (χ1v) is 6.27. The van der Waals surface area contributed by atoms with Crippen LogP contribution in [-0.4, -0.2) is 30.9 Å². The molecular formula is C14H19N3O3. The standard InChI is InChI=1S/C14H19N3O3/c1-5-17-8-16-12(14(17)15)9-6-10(18-2)13(20-4)11(7-9)19-3/h6-8H,5,15H2,1-4H3. The highest BCUT2D eigenvalue weighted by molar-refractivity contribution is 5.75. The minimum atomic E-state index is 0.548. The van der Waals surface area contributed by atoms with Crippen molar-refractivity contribution in [3.8, 4) is 28.5 Å². The number of anilines is 1. The summed E-state index contributed by atoms with van der Waals surface area (Å²) in [5.41, 5.74) is 7.61. The second kappa shape index (κ2) is 5.73. The summed E-state index contributed by atoms with van der Waals surface area (Å²) in [6.07, 6.45) is 1.72. The molecule has 108 valence electrons. The molecule has 1 aromatic heterocycles. The van der Waals surface area contributed by atoms with Crippen LogP contribution in [0.15, 0.2) is 18.5 Å². The number of nitrogens with zero attached hydrogens (tertiary/aromatic N) is 2. The van der Waals surface area contributed by atoms with Crippen molar-refractivity contribution < 1.29 is 14.2 Å². The third-order valence-electron chi connectivity index (χ3n) is 3.16. The molecular weight excluding hydrogens is 258 g/mol. The second-order valence-corrected chi connectivity index (χ2v) is 4.18. The van der Waals surface area contributed by atoms with Crippen molar-refractivity contribution in [3.05, 3.63) is 18.5 Å². The van der Waals surface area contributed by atoms with Gasteiger partial charge in [-0.2, -0.15) is 0 Å². The van der Waals surface area contributed by atoms with Crippen molar-refractivity contribution in [1.82, 2.24) is 9.55 Å². The van der Waals surface area contributed by atoms with Gasteiger partial charge in [-0.3, -0.25) is 0 Å². The van der Waals surface area contributed by atoms with Gasteiger partial charge in [-0.1, -0.05) is 0 Å². The van der Waals surface area contributed by atoms with Gasteiger partial charge in [0, 0.05) is 12.1 Å². The molecule has 0 aliphatic heterocycles. The number of rotatable bonds is 5. The van der Waals surface area contributed by atoms with Gasteiger partial charge in [0.05, 0.1) is 27.7 Å². The third kappa shape index (κ3) is 2.24. The lowest BCUT2D eigenvalue weighted by Gasteiger charge is -2.13. The molecule has 0 aliphatic carbocycles. The van der Waals surface area contributed by atoms with Crippen LogP contribution in [0.4, 0.5) is 5.82 Å². The van der Waals surface area contributed by atoms with Gasteiger partial charge in [-0.15, -0.1) is 0 Å². The van der Waals surface area contributed by atoms with Gasteiger partial charge in [0.15, 0.2) is 11.5 Å². The molecule has 0 fully saturated rings. The molecule has 0 bridgehead atoms. The van der Waals surface area contributed by atoms with Crippen molar-refractivity contribution in [2.45, 2.75) is 13.5 Å². The van der Waals surface area contributed by atoms with Crippen molar-refractivity contribution >= 4 is 5.82 Å². The van der Waals surface area contributed by atoms with Crippen LogP contribution in [0.3, 0.4) is 0 Å². The second-order valence-electron chi connectivity index (χ2n) is 4.18. The topological polar surface area (TPSA) is 71.5 Å². The van der Waals surface area contributed by atoms with Crippen molar-refractivity contribution in [3.63, 3.8) is 0 Å². The van der Waals surface area contributed by atoms with Gasteiger partial charge < -0.3 is 24.5 Å². The lowest BCUT2D eigenvalue weighted by molar-refractivity contribution is 0.324. The zero-order valence-corrected chi connectivity index (χ0v) is 12.1. The first-order chi connectivity index (χ1) is 9.65. The fourth-order valence-electron chi connectivity index (χ4n) is 2.08. The largest absolute Gasteiger partial charge is 0.493 e. The average molecular weight is 277 g/mol. The summed E-state index contributed by atoms with van der Waals surface area (Å²) in [7, 11) is 4.73. The Hall–Kier alpha value is -2.37. The van der Waals surface area contributed by atoms with E-state index in [9.17, 15) is 0 Å².